The molecule has 114 valence electrons. The van der Waals surface area contributed by atoms with Gasteiger partial charge in [-0.25, -0.2) is 8.42 Å². The number of fused-ring (bicyclic) bond motifs is 1. The molecule has 0 atom stereocenters. The van der Waals surface area contributed by atoms with Crippen LogP contribution in [0.5, 0.6) is 5.75 Å². The number of aromatic nitrogens is 1. The van der Waals surface area contributed by atoms with E-state index in [9.17, 15) is 8.42 Å². The van der Waals surface area contributed by atoms with Crippen molar-refractivity contribution in [1.29, 1.82) is 0 Å². The van der Waals surface area contributed by atoms with E-state index >= 15 is 0 Å². The average Bonchev–Trinajstić information content (AvgIpc) is 2.55. The molecule has 0 aliphatic heterocycles. The number of methoxy groups -OCH3 is 1. The van der Waals surface area contributed by atoms with E-state index in [2.05, 4.69) is 9.71 Å². The van der Waals surface area contributed by atoms with Crippen molar-refractivity contribution in [3.8, 4) is 5.75 Å². The van der Waals surface area contributed by atoms with Gasteiger partial charge in [0.05, 0.1) is 17.5 Å². The third-order valence-electron chi connectivity index (χ3n) is 3.15. The molecule has 3 rings (SSSR count). The van der Waals surface area contributed by atoms with Crippen molar-refractivity contribution in [3.63, 3.8) is 0 Å². The van der Waals surface area contributed by atoms with E-state index in [1.165, 1.54) is 19.2 Å². The normalized spacial score (nSPS) is 10.8. The quantitative estimate of drug-likeness (QED) is 0.650. The molecule has 3 aromatic rings. The first-order valence-corrected chi connectivity index (χ1v) is 8.00. The Balaban J connectivity index is 0.00000192. The summed E-state index contributed by atoms with van der Waals surface area (Å²) in [6, 6.07) is 15.0. The molecule has 7 heteroatoms. The van der Waals surface area contributed by atoms with Crippen LogP contribution in [0.4, 0.5) is 5.69 Å². The number of hydrogen-bond donors (Lipinski definition) is 0. The Hall–Kier alpha value is -1.98. The van der Waals surface area contributed by atoms with E-state index in [0.717, 1.165) is 5.39 Å². The van der Waals surface area contributed by atoms with Crippen LogP contribution in [0.1, 0.15) is 0 Å². The molecule has 0 saturated carbocycles. The van der Waals surface area contributed by atoms with Crippen molar-refractivity contribution in [2.24, 2.45) is 0 Å². The number of pyridine rings is 1. The molecule has 1 heterocycles. The zero-order valence-electron chi connectivity index (χ0n) is 12.5. The van der Waals surface area contributed by atoms with Crippen LogP contribution in [0, 0.1) is 0 Å². The maximum Gasteiger partial charge on any atom is 0.123 e. The second-order valence-electron chi connectivity index (χ2n) is 4.60. The van der Waals surface area contributed by atoms with Gasteiger partial charge in [-0.15, -0.1) is 0 Å². The Morgan fingerprint density at radius 2 is 1.78 bits per heavy atom. The fourth-order valence-corrected chi connectivity index (χ4v) is 3.11. The first-order chi connectivity index (χ1) is 10.6. The summed E-state index contributed by atoms with van der Waals surface area (Å²) in [7, 11) is -2.28. The van der Waals surface area contributed by atoms with Gasteiger partial charge in [-0.2, -0.15) is 0 Å². The standard InChI is InChI=1S/C16H13N2O3S.Zn/c1-21-13-10-12-6-5-9-17-16(12)15(11-13)18-22(19,20)14-7-3-2-4-8-14;/h2-11H,1H3;/q-1;. The number of rotatable bonds is 4. The Kier molecular flexibility index (Phi) is 5.34. The number of benzene rings is 2. The van der Waals surface area contributed by atoms with Crippen LogP contribution < -0.4 is 4.74 Å². The van der Waals surface area contributed by atoms with Gasteiger partial charge in [0.1, 0.15) is 15.8 Å². The molecule has 0 unspecified atom stereocenters. The zero-order valence-corrected chi connectivity index (χ0v) is 16.3. The molecule has 1 aromatic heterocycles. The Morgan fingerprint density at radius 1 is 1.04 bits per heavy atom. The van der Waals surface area contributed by atoms with Crippen LogP contribution in [0.25, 0.3) is 15.6 Å². The third kappa shape index (κ3) is 3.68. The van der Waals surface area contributed by atoms with Crippen molar-refractivity contribution < 1.29 is 32.6 Å². The molecule has 0 spiro atoms. The summed E-state index contributed by atoms with van der Waals surface area (Å²) >= 11 is 0. The topological polar surface area (TPSA) is 70.4 Å². The van der Waals surface area contributed by atoms with Gasteiger partial charge in [-0.1, -0.05) is 30.0 Å². The molecule has 0 amide bonds. The minimum Gasteiger partial charge on any atom is -0.571 e. The summed E-state index contributed by atoms with van der Waals surface area (Å²) in [4.78, 5) is 4.36. The zero-order chi connectivity index (χ0) is 15.6. The maximum absolute atomic E-state index is 12.4. The first-order valence-electron chi connectivity index (χ1n) is 6.56. The van der Waals surface area contributed by atoms with Gasteiger partial charge in [0.2, 0.25) is 0 Å². The summed E-state index contributed by atoms with van der Waals surface area (Å²) in [6.45, 7) is 0. The van der Waals surface area contributed by atoms with Crippen molar-refractivity contribution >= 4 is 26.6 Å². The number of sulfonamides is 1. The molecule has 0 radical (unpaired) electrons. The van der Waals surface area contributed by atoms with Crippen molar-refractivity contribution in [1.82, 2.24) is 4.98 Å². The third-order valence-corrected chi connectivity index (χ3v) is 4.46. The van der Waals surface area contributed by atoms with E-state index < -0.39 is 10.0 Å². The number of ether oxygens (including phenoxy) is 1. The van der Waals surface area contributed by atoms with E-state index in [0.29, 0.717) is 11.3 Å². The van der Waals surface area contributed by atoms with E-state index in [4.69, 9.17) is 4.74 Å². The van der Waals surface area contributed by atoms with Crippen LogP contribution in [0.3, 0.4) is 0 Å². The molecule has 0 aliphatic rings. The van der Waals surface area contributed by atoms with E-state index in [1.54, 1.807) is 42.6 Å². The molecule has 0 aliphatic carbocycles. The predicted molar refractivity (Wildman–Crippen MR) is 84.9 cm³/mol. The van der Waals surface area contributed by atoms with Crippen LogP contribution in [-0.4, -0.2) is 20.5 Å². The van der Waals surface area contributed by atoms with Gasteiger partial charge in [0.25, 0.3) is 0 Å². The Morgan fingerprint density at radius 3 is 2.48 bits per heavy atom. The van der Waals surface area contributed by atoms with Crippen LogP contribution in [-0.2, 0) is 29.5 Å². The van der Waals surface area contributed by atoms with Gasteiger partial charge < -0.3 is 9.46 Å². The summed E-state index contributed by atoms with van der Waals surface area (Å²) in [5, 5.41) is 0.767. The molecule has 0 saturated heterocycles. The largest absolute Gasteiger partial charge is 0.571 e. The molecule has 2 aromatic carbocycles. The molecule has 0 fully saturated rings. The molecular formula is C16H13N2O3SZn-. The summed E-state index contributed by atoms with van der Waals surface area (Å²) in [5.74, 6) is 0.530. The number of nitrogens with zero attached hydrogens (tertiary/aromatic N) is 2. The minimum absolute atomic E-state index is 0. The van der Waals surface area contributed by atoms with Crippen molar-refractivity contribution in [3.05, 3.63) is 65.5 Å². The first kappa shape index (κ1) is 17.4. The molecule has 23 heavy (non-hydrogen) atoms. The molecule has 5 nitrogen and oxygen atoms in total. The van der Waals surface area contributed by atoms with E-state index in [1.807, 2.05) is 6.07 Å². The molecule has 0 N–H and O–H groups in total. The smallest absolute Gasteiger partial charge is 0.123 e. The Labute approximate surface area is 147 Å². The Bertz CT molecular complexity index is 915. The number of hydrogen-bond acceptors (Lipinski definition) is 4. The SMILES string of the molecule is COc1cc([N-]S(=O)(=O)c2ccccc2)c2ncccc2c1.[Zn]. The van der Waals surface area contributed by atoms with Gasteiger partial charge in [0, 0.05) is 31.1 Å². The monoisotopic (exact) mass is 377 g/mol. The van der Waals surface area contributed by atoms with Gasteiger partial charge in [-0.05, 0) is 30.3 Å². The van der Waals surface area contributed by atoms with Crippen molar-refractivity contribution in [2.75, 3.05) is 7.11 Å². The average molecular weight is 379 g/mol. The molecular weight excluding hydrogens is 366 g/mol. The minimum atomic E-state index is -3.80. The van der Waals surface area contributed by atoms with Crippen LogP contribution in [0.2, 0.25) is 0 Å². The van der Waals surface area contributed by atoms with Crippen LogP contribution in [0.15, 0.2) is 65.7 Å². The van der Waals surface area contributed by atoms with Crippen molar-refractivity contribution in [2.45, 2.75) is 4.90 Å². The van der Waals surface area contributed by atoms with E-state index in [-0.39, 0.29) is 30.1 Å². The fraction of sp³-hybridized carbons (Fsp3) is 0.0625. The summed E-state index contributed by atoms with van der Waals surface area (Å²) in [5.41, 5.74) is 0.779. The van der Waals surface area contributed by atoms with Crippen LogP contribution >= 0.6 is 0 Å². The summed E-state index contributed by atoms with van der Waals surface area (Å²) in [6.07, 6.45) is 1.60. The van der Waals surface area contributed by atoms with Gasteiger partial charge in [0.15, 0.2) is 0 Å². The predicted octanol–water partition coefficient (Wildman–Crippen LogP) is 3.64. The second kappa shape index (κ2) is 7.07. The maximum atomic E-state index is 12.4. The fourth-order valence-electron chi connectivity index (χ4n) is 2.11. The summed E-state index contributed by atoms with van der Waals surface area (Å²) < 4.78 is 33.9. The molecule has 0 bridgehead atoms. The van der Waals surface area contributed by atoms with Gasteiger partial charge in [-0.3, -0.25) is 4.98 Å². The van der Waals surface area contributed by atoms with Gasteiger partial charge >= 0.3 is 0 Å². The second-order valence-corrected chi connectivity index (χ2v) is 6.21.